The van der Waals surface area contributed by atoms with Gasteiger partial charge in [0.1, 0.15) is 6.54 Å². The molecule has 0 aliphatic carbocycles. The number of carbonyl (C=O) groups excluding carboxylic acids is 1. The number of hydrogen-bond acceptors (Lipinski definition) is 2. The van der Waals surface area contributed by atoms with E-state index < -0.39 is 11.9 Å². The topological polar surface area (TPSA) is 46.9 Å². The van der Waals surface area contributed by atoms with E-state index in [1.54, 1.807) is 0 Å². The third kappa shape index (κ3) is 4.08. The summed E-state index contributed by atoms with van der Waals surface area (Å²) in [5.74, 6) is -0.351. The Labute approximate surface area is 96.8 Å². The molecule has 0 aliphatic rings. The first-order valence-electron chi connectivity index (χ1n) is 5.23. The summed E-state index contributed by atoms with van der Waals surface area (Å²) in [6.45, 7) is 3.52. The molecule has 96 valence electrons. The standard InChI is InChI=1S/C10H14F3N3O/c1-3-7(2)14-9(17)6-16-5-4-8(15-16)10(11,12)13/h4-5,7H,3,6H2,1-2H3,(H,14,17)/t7-/m0/s1. The van der Waals surface area contributed by atoms with Crippen molar-refractivity contribution in [1.82, 2.24) is 15.1 Å². The van der Waals surface area contributed by atoms with Crippen molar-refractivity contribution >= 4 is 5.91 Å². The van der Waals surface area contributed by atoms with Crippen molar-refractivity contribution in [1.29, 1.82) is 0 Å². The lowest BCUT2D eigenvalue weighted by Gasteiger charge is -2.11. The molecule has 1 atom stereocenters. The molecular weight excluding hydrogens is 235 g/mol. The van der Waals surface area contributed by atoms with Gasteiger partial charge in [-0.2, -0.15) is 18.3 Å². The first kappa shape index (κ1) is 13.5. The summed E-state index contributed by atoms with van der Waals surface area (Å²) >= 11 is 0. The van der Waals surface area contributed by atoms with E-state index in [4.69, 9.17) is 0 Å². The fourth-order valence-electron chi connectivity index (χ4n) is 1.17. The van der Waals surface area contributed by atoms with Crippen LogP contribution in [0.2, 0.25) is 0 Å². The average Bonchev–Trinajstić information content (AvgIpc) is 2.65. The van der Waals surface area contributed by atoms with E-state index in [1.807, 2.05) is 13.8 Å². The van der Waals surface area contributed by atoms with Crippen molar-refractivity contribution in [2.24, 2.45) is 0 Å². The maximum absolute atomic E-state index is 12.2. The number of rotatable bonds is 4. The number of amides is 1. The van der Waals surface area contributed by atoms with E-state index in [2.05, 4.69) is 10.4 Å². The average molecular weight is 249 g/mol. The molecule has 0 saturated heterocycles. The largest absolute Gasteiger partial charge is 0.435 e. The highest BCUT2D eigenvalue weighted by Crippen LogP contribution is 2.27. The lowest BCUT2D eigenvalue weighted by atomic mass is 10.2. The number of halogens is 3. The van der Waals surface area contributed by atoms with Gasteiger partial charge in [0, 0.05) is 12.2 Å². The van der Waals surface area contributed by atoms with Crippen molar-refractivity contribution < 1.29 is 18.0 Å². The maximum atomic E-state index is 12.2. The highest BCUT2D eigenvalue weighted by Gasteiger charge is 2.33. The van der Waals surface area contributed by atoms with Gasteiger partial charge in [-0.1, -0.05) is 6.92 Å². The molecule has 0 spiro atoms. The zero-order valence-corrected chi connectivity index (χ0v) is 9.58. The van der Waals surface area contributed by atoms with Crippen molar-refractivity contribution in [2.45, 2.75) is 39.0 Å². The first-order chi connectivity index (χ1) is 7.82. The molecule has 7 heteroatoms. The quantitative estimate of drug-likeness (QED) is 0.884. The molecule has 0 unspecified atom stereocenters. The number of hydrogen-bond donors (Lipinski definition) is 1. The second kappa shape index (κ2) is 5.20. The summed E-state index contributed by atoms with van der Waals surface area (Å²) in [6.07, 6.45) is -2.57. The van der Waals surface area contributed by atoms with Crippen LogP contribution in [0.3, 0.4) is 0 Å². The molecule has 1 rings (SSSR count). The van der Waals surface area contributed by atoms with Crippen molar-refractivity contribution in [3.05, 3.63) is 18.0 Å². The summed E-state index contributed by atoms with van der Waals surface area (Å²) in [5.41, 5.74) is -0.992. The molecule has 4 nitrogen and oxygen atoms in total. The number of nitrogens with one attached hydrogen (secondary N) is 1. The molecular formula is C10H14F3N3O. The van der Waals surface area contributed by atoms with Gasteiger partial charge in [-0.15, -0.1) is 0 Å². The third-order valence-electron chi connectivity index (χ3n) is 2.26. The zero-order chi connectivity index (χ0) is 13.1. The summed E-state index contributed by atoms with van der Waals surface area (Å²) in [7, 11) is 0. The lowest BCUT2D eigenvalue weighted by molar-refractivity contribution is -0.141. The molecule has 0 bridgehead atoms. The van der Waals surface area contributed by atoms with E-state index in [-0.39, 0.29) is 18.5 Å². The van der Waals surface area contributed by atoms with Crippen LogP contribution in [0.25, 0.3) is 0 Å². The Morgan fingerprint density at radius 3 is 2.71 bits per heavy atom. The highest BCUT2D eigenvalue weighted by molar-refractivity contribution is 5.75. The van der Waals surface area contributed by atoms with E-state index >= 15 is 0 Å². The normalized spacial score (nSPS) is 13.5. The number of aromatic nitrogens is 2. The molecule has 17 heavy (non-hydrogen) atoms. The van der Waals surface area contributed by atoms with Crippen LogP contribution >= 0.6 is 0 Å². The second-order valence-corrected chi connectivity index (χ2v) is 3.77. The van der Waals surface area contributed by atoms with Crippen molar-refractivity contribution in [3.8, 4) is 0 Å². The molecule has 0 fully saturated rings. The Morgan fingerprint density at radius 2 is 2.24 bits per heavy atom. The lowest BCUT2D eigenvalue weighted by Crippen LogP contribution is -2.34. The summed E-state index contributed by atoms with van der Waals surface area (Å²) in [5, 5.41) is 5.93. The number of alkyl halides is 3. The van der Waals surface area contributed by atoms with Gasteiger partial charge in [-0.25, -0.2) is 0 Å². The van der Waals surface area contributed by atoms with Crippen molar-refractivity contribution in [3.63, 3.8) is 0 Å². The van der Waals surface area contributed by atoms with Crippen molar-refractivity contribution in [2.75, 3.05) is 0 Å². The van der Waals surface area contributed by atoms with Crippen LogP contribution in [-0.4, -0.2) is 21.7 Å². The van der Waals surface area contributed by atoms with Gasteiger partial charge < -0.3 is 5.32 Å². The fraction of sp³-hybridized carbons (Fsp3) is 0.600. The monoisotopic (exact) mass is 249 g/mol. The minimum Gasteiger partial charge on any atom is -0.352 e. The van der Waals surface area contributed by atoms with Gasteiger partial charge in [-0.05, 0) is 19.4 Å². The fourth-order valence-corrected chi connectivity index (χ4v) is 1.17. The summed E-state index contributed by atoms with van der Waals surface area (Å²) < 4.78 is 37.7. The van der Waals surface area contributed by atoms with E-state index in [9.17, 15) is 18.0 Å². The SMILES string of the molecule is CC[C@H](C)NC(=O)Cn1ccc(C(F)(F)F)n1. The molecule has 1 aromatic heterocycles. The van der Waals surface area contributed by atoms with Gasteiger partial charge >= 0.3 is 6.18 Å². The molecule has 0 aliphatic heterocycles. The summed E-state index contributed by atoms with van der Waals surface area (Å²) in [4.78, 5) is 11.4. The van der Waals surface area contributed by atoms with Gasteiger partial charge in [0.25, 0.3) is 0 Å². The van der Waals surface area contributed by atoms with E-state index in [1.165, 1.54) is 0 Å². The zero-order valence-electron chi connectivity index (χ0n) is 9.58. The van der Waals surface area contributed by atoms with E-state index in [0.717, 1.165) is 23.4 Å². The smallest absolute Gasteiger partial charge is 0.352 e. The Hall–Kier alpha value is -1.53. The molecule has 1 heterocycles. The molecule has 1 N–H and O–H groups in total. The molecule has 1 amide bonds. The van der Waals surface area contributed by atoms with Crippen LogP contribution in [0.5, 0.6) is 0 Å². The Balaban J connectivity index is 2.58. The Morgan fingerprint density at radius 1 is 1.59 bits per heavy atom. The van der Waals surface area contributed by atoms with Crippen LogP contribution < -0.4 is 5.32 Å². The van der Waals surface area contributed by atoms with Crippen LogP contribution in [0.15, 0.2) is 12.3 Å². The number of carbonyl (C=O) groups is 1. The predicted molar refractivity (Wildman–Crippen MR) is 55.1 cm³/mol. The summed E-state index contributed by atoms with van der Waals surface area (Å²) in [6, 6.07) is 0.844. The Kier molecular flexibility index (Phi) is 4.14. The molecule has 1 aromatic rings. The van der Waals surface area contributed by atoms with Crippen LogP contribution in [0, 0.1) is 0 Å². The second-order valence-electron chi connectivity index (χ2n) is 3.77. The van der Waals surface area contributed by atoms with Gasteiger partial charge in [0.05, 0.1) is 0 Å². The Bertz CT molecular complexity index is 386. The van der Waals surface area contributed by atoms with Crippen LogP contribution in [0.4, 0.5) is 13.2 Å². The molecule has 0 aromatic carbocycles. The highest BCUT2D eigenvalue weighted by atomic mass is 19.4. The predicted octanol–water partition coefficient (Wildman–Crippen LogP) is 1.82. The van der Waals surface area contributed by atoms with Crippen LogP contribution in [0.1, 0.15) is 26.0 Å². The molecule has 0 radical (unpaired) electrons. The minimum absolute atomic E-state index is 0.000138. The maximum Gasteiger partial charge on any atom is 0.435 e. The van der Waals surface area contributed by atoms with Gasteiger partial charge in [-0.3, -0.25) is 9.48 Å². The van der Waals surface area contributed by atoms with Crippen LogP contribution in [-0.2, 0) is 17.5 Å². The number of nitrogens with zero attached hydrogens (tertiary/aromatic N) is 2. The minimum atomic E-state index is -4.47. The van der Waals surface area contributed by atoms with Gasteiger partial charge in [0.2, 0.25) is 5.91 Å². The third-order valence-corrected chi connectivity index (χ3v) is 2.26. The van der Waals surface area contributed by atoms with Gasteiger partial charge in [0.15, 0.2) is 5.69 Å². The molecule has 0 saturated carbocycles. The first-order valence-corrected chi connectivity index (χ1v) is 5.23. The van der Waals surface area contributed by atoms with E-state index in [0.29, 0.717) is 0 Å².